The molecular weight excluding hydrogens is 378 g/mol. The Morgan fingerprint density at radius 3 is 2.43 bits per heavy atom. The summed E-state index contributed by atoms with van der Waals surface area (Å²) in [5.41, 5.74) is 1.65. The lowest BCUT2D eigenvalue weighted by Gasteiger charge is -2.18. The van der Waals surface area contributed by atoms with Crippen molar-refractivity contribution in [2.75, 3.05) is 6.54 Å². The number of carbonyl (C=O) groups is 1. The van der Waals surface area contributed by atoms with Gasteiger partial charge >= 0.3 is 0 Å². The van der Waals surface area contributed by atoms with Crippen LogP contribution in [0, 0.1) is 11.3 Å². The van der Waals surface area contributed by atoms with Gasteiger partial charge in [0.25, 0.3) is 5.91 Å². The maximum atomic E-state index is 13.2. The number of hydrogen-bond acceptors (Lipinski definition) is 5. The van der Waals surface area contributed by atoms with Crippen LogP contribution >= 0.6 is 0 Å². The molecule has 2 aromatic heterocycles. The highest BCUT2D eigenvalue weighted by Gasteiger charge is 2.24. The van der Waals surface area contributed by atoms with Gasteiger partial charge in [-0.25, -0.2) is 9.67 Å². The van der Waals surface area contributed by atoms with Gasteiger partial charge in [-0.15, -0.1) is 5.10 Å². The van der Waals surface area contributed by atoms with Crippen LogP contribution in [0.5, 0.6) is 0 Å². The molecule has 0 aliphatic carbocycles. The van der Waals surface area contributed by atoms with Crippen LogP contribution in [-0.2, 0) is 6.54 Å². The molecule has 4 aromatic rings. The van der Waals surface area contributed by atoms with E-state index >= 15 is 0 Å². The van der Waals surface area contributed by atoms with Crippen LogP contribution in [-0.4, -0.2) is 32.1 Å². The Bertz CT molecular complexity index is 1090. The number of hydrogen-bond donors (Lipinski definition) is 0. The molecule has 0 fully saturated rings. The summed E-state index contributed by atoms with van der Waals surface area (Å²) in [4.78, 5) is 19.3. The van der Waals surface area contributed by atoms with Gasteiger partial charge in [-0.3, -0.25) is 4.79 Å². The fourth-order valence-electron chi connectivity index (χ4n) is 3.10. The highest BCUT2D eigenvalue weighted by molar-refractivity contribution is 5.91. The van der Waals surface area contributed by atoms with Crippen LogP contribution in [0.3, 0.4) is 0 Å². The summed E-state index contributed by atoms with van der Waals surface area (Å²) in [6.45, 7) is 0.505. The molecule has 0 spiro atoms. The van der Waals surface area contributed by atoms with Crippen molar-refractivity contribution in [2.24, 2.45) is 0 Å². The first-order valence-electron chi connectivity index (χ1n) is 9.53. The quantitative estimate of drug-likeness (QED) is 0.469. The minimum atomic E-state index is -0.353. The van der Waals surface area contributed by atoms with E-state index in [-0.39, 0.29) is 31.2 Å². The van der Waals surface area contributed by atoms with E-state index < -0.39 is 0 Å². The molecule has 0 bridgehead atoms. The second kappa shape index (κ2) is 8.88. The number of nitrogens with zero attached hydrogens (tertiary/aromatic N) is 5. The molecule has 0 N–H and O–H groups in total. The van der Waals surface area contributed by atoms with E-state index in [1.54, 1.807) is 23.1 Å². The molecule has 0 unspecified atom stereocenters. The van der Waals surface area contributed by atoms with E-state index in [2.05, 4.69) is 16.2 Å². The zero-order chi connectivity index (χ0) is 20.8. The van der Waals surface area contributed by atoms with Crippen LogP contribution in [0.15, 0.2) is 83.5 Å². The molecular formula is C23H19N5O2. The number of furan rings is 1. The number of aromatic nitrogens is 3. The van der Waals surface area contributed by atoms with E-state index in [9.17, 15) is 4.79 Å². The van der Waals surface area contributed by atoms with Crippen molar-refractivity contribution in [3.05, 3.63) is 90.6 Å². The summed E-state index contributed by atoms with van der Waals surface area (Å²) in [7, 11) is 0. The smallest absolute Gasteiger partial charge is 0.294 e. The molecule has 148 valence electrons. The average Bonchev–Trinajstić information content (AvgIpc) is 3.47. The predicted molar refractivity (Wildman–Crippen MR) is 110 cm³/mol. The Morgan fingerprint density at radius 2 is 1.77 bits per heavy atom. The largest absolute Gasteiger partial charge is 0.467 e. The molecule has 7 heteroatoms. The van der Waals surface area contributed by atoms with Crippen LogP contribution in [0.1, 0.15) is 22.8 Å². The Kier molecular flexibility index (Phi) is 5.67. The van der Waals surface area contributed by atoms with Gasteiger partial charge in [-0.05, 0) is 24.3 Å². The van der Waals surface area contributed by atoms with E-state index in [0.29, 0.717) is 11.6 Å². The Balaban J connectivity index is 1.73. The van der Waals surface area contributed by atoms with Gasteiger partial charge in [0.1, 0.15) is 5.76 Å². The second-order valence-electron chi connectivity index (χ2n) is 6.59. The SMILES string of the molecule is N#CCCN(Cc1ccco1)C(=O)c1nc(-c2ccccc2)n(-c2ccccc2)n1. The number of amides is 1. The van der Waals surface area contributed by atoms with Gasteiger partial charge in [0.15, 0.2) is 5.82 Å². The summed E-state index contributed by atoms with van der Waals surface area (Å²) in [6, 6.07) is 24.8. The molecule has 7 nitrogen and oxygen atoms in total. The average molecular weight is 397 g/mol. The van der Waals surface area contributed by atoms with Crippen molar-refractivity contribution < 1.29 is 9.21 Å². The first-order valence-corrected chi connectivity index (χ1v) is 9.53. The number of carbonyl (C=O) groups excluding carboxylic acids is 1. The Labute approximate surface area is 173 Å². The minimum absolute atomic E-state index is 0.0715. The first kappa shape index (κ1) is 19.2. The Hall–Kier alpha value is -4.18. The summed E-state index contributed by atoms with van der Waals surface area (Å²) < 4.78 is 7.04. The molecule has 2 heterocycles. The molecule has 0 aliphatic heterocycles. The Morgan fingerprint density at radius 1 is 1.03 bits per heavy atom. The number of benzene rings is 2. The summed E-state index contributed by atoms with van der Waals surface area (Å²) in [5, 5.41) is 13.5. The molecule has 30 heavy (non-hydrogen) atoms. The third-order valence-corrected chi connectivity index (χ3v) is 4.54. The van der Waals surface area contributed by atoms with Crippen molar-refractivity contribution in [2.45, 2.75) is 13.0 Å². The standard InChI is InChI=1S/C23H19N5O2/c24-14-8-15-27(17-20-13-7-16-30-20)23(29)21-25-22(18-9-3-1-4-10-18)28(26-21)19-11-5-2-6-12-19/h1-7,9-13,16H,8,15,17H2. The minimum Gasteiger partial charge on any atom is -0.467 e. The lowest BCUT2D eigenvalue weighted by Crippen LogP contribution is -2.32. The van der Waals surface area contributed by atoms with Gasteiger partial charge in [-0.2, -0.15) is 5.26 Å². The lowest BCUT2D eigenvalue weighted by molar-refractivity contribution is 0.0723. The maximum Gasteiger partial charge on any atom is 0.294 e. The van der Waals surface area contributed by atoms with Crippen LogP contribution in [0.4, 0.5) is 0 Å². The summed E-state index contributed by atoms with van der Waals surface area (Å²) in [5.74, 6) is 0.922. The number of nitriles is 1. The van der Waals surface area contributed by atoms with Crippen molar-refractivity contribution >= 4 is 5.91 Å². The second-order valence-corrected chi connectivity index (χ2v) is 6.59. The molecule has 0 radical (unpaired) electrons. The highest BCUT2D eigenvalue weighted by Crippen LogP contribution is 2.22. The maximum absolute atomic E-state index is 13.2. The van der Waals surface area contributed by atoms with Gasteiger partial charge < -0.3 is 9.32 Å². The summed E-state index contributed by atoms with van der Waals surface area (Å²) in [6.07, 6.45) is 1.76. The van der Waals surface area contributed by atoms with Crippen LogP contribution < -0.4 is 0 Å². The number of rotatable bonds is 7. The number of para-hydroxylation sites is 1. The van der Waals surface area contributed by atoms with E-state index in [1.807, 2.05) is 60.7 Å². The van der Waals surface area contributed by atoms with Crippen LogP contribution in [0.2, 0.25) is 0 Å². The zero-order valence-corrected chi connectivity index (χ0v) is 16.2. The molecule has 0 atom stereocenters. The first-order chi connectivity index (χ1) is 14.8. The van der Waals surface area contributed by atoms with Gasteiger partial charge in [-0.1, -0.05) is 48.5 Å². The molecule has 0 aliphatic rings. The van der Waals surface area contributed by atoms with Crippen molar-refractivity contribution in [1.82, 2.24) is 19.7 Å². The molecule has 0 saturated carbocycles. The van der Waals surface area contributed by atoms with Crippen molar-refractivity contribution in [3.8, 4) is 23.1 Å². The molecule has 1 amide bonds. The van der Waals surface area contributed by atoms with Crippen molar-refractivity contribution in [1.29, 1.82) is 5.26 Å². The highest BCUT2D eigenvalue weighted by atomic mass is 16.3. The van der Waals surface area contributed by atoms with Gasteiger partial charge in [0.05, 0.1) is 31.0 Å². The lowest BCUT2D eigenvalue weighted by atomic mass is 10.2. The fourth-order valence-corrected chi connectivity index (χ4v) is 3.10. The van der Waals surface area contributed by atoms with Crippen molar-refractivity contribution in [3.63, 3.8) is 0 Å². The monoisotopic (exact) mass is 397 g/mol. The molecule has 4 rings (SSSR count). The third-order valence-electron chi connectivity index (χ3n) is 4.54. The van der Waals surface area contributed by atoms with Gasteiger partial charge in [0.2, 0.25) is 5.82 Å². The van der Waals surface area contributed by atoms with E-state index in [1.165, 1.54) is 4.90 Å². The third kappa shape index (κ3) is 4.13. The predicted octanol–water partition coefficient (Wildman–Crippen LogP) is 4.08. The zero-order valence-electron chi connectivity index (χ0n) is 16.2. The summed E-state index contributed by atoms with van der Waals surface area (Å²) >= 11 is 0. The fraction of sp³-hybridized carbons (Fsp3) is 0.130. The van der Waals surface area contributed by atoms with E-state index in [0.717, 1.165) is 11.3 Å². The normalized spacial score (nSPS) is 10.5. The van der Waals surface area contributed by atoms with Crippen LogP contribution in [0.25, 0.3) is 17.1 Å². The topological polar surface area (TPSA) is 88.0 Å². The molecule has 0 saturated heterocycles. The van der Waals surface area contributed by atoms with E-state index in [4.69, 9.17) is 9.68 Å². The van der Waals surface area contributed by atoms with Gasteiger partial charge in [0, 0.05) is 12.1 Å². The molecule has 2 aromatic carbocycles.